The van der Waals surface area contributed by atoms with Crippen LogP contribution in [0.25, 0.3) is 10.9 Å². The summed E-state index contributed by atoms with van der Waals surface area (Å²) >= 11 is 11.9. The molecule has 6 aromatic rings. The number of hydrogen-bond acceptors (Lipinski definition) is 10. The molecule has 0 aliphatic rings. The minimum Gasteiger partial charge on any atom is -0.396 e. The number of aliphatic hydroxyl groups is 1. The Morgan fingerprint density at radius 2 is 1.31 bits per heavy atom. The molecule has 0 amide bonds. The summed E-state index contributed by atoms with van der Waals surface area (Å²) in [5.74, 6) is -0.373. The molecule has 0 aliphatic carbocycles. The third kappa shape index (κ3) is 11.7. The van der Waals surface area contributed by atoms with Gasteiger partial charge in [0.25, 0.3) is 20.2 Å². The van der Waals surface area contributed by atoms with E-state index in [-0.39, 0.29) is 28.2 Å². The maximum absolute atomic E-state index is 14.2. The number of hydrogen-bond donors (Lipinski definition) is 5. The zero-order chi connectivity index (χ0) is 38.1. The molecule has 52 heavy (non-hydrogen) atoms. The number of fused-ring (bicyclic) bond motifs is 1. The molecule has 274 valence electrons. The Labute approximate surface area is 309 Å². The zero-order valence-electron chi connectivity index (χ0n) is 27.6. The number of aliphatic hydroxyl groups excluding tert-OH is 1. The van der Waals surface area contributed by atoms with Crippen molar-refractivity contribution in [2.75, 3.05) is 17.2 Å². The largest absolute Gasteiger partial charge is 0.396 e. The standard InChI is InChI=1S/C20H17Cl2FN6O.2C7H8O3S/c21-15-4-2-14(9-16(15)22)26-19-17(23)11-24-20(28-19)27-13-3-5-18-12(8-13)10-25-29(18)6-1-7-30;2*1-6-2-4-7(5-3-6)11(8,9)10/h2-5,8-11,30H,1,6-7H2,(H2,24,26,27,28);2*2-5H,1H3,(H,8,9,10). The third-order valence-corrected chi connectivity index (χ3v) is 9.46. The maximum atomic E-state index is 14.2. The van der Waals surface area contributed by atoms with E-state index in [0.717, 1.165) is 33.9 Å². The van der Waals surface area contributed by atoms with Crippen molar-refractivity contribution in [2.24, 2.45) is 0 Å². The van der Waals surface area contributed by atoms with Crippen molar-refractivity contribution in [1.29, 1.82) is 0 Å². The van der Waals surface area contributed by atoms with Gasteiger partial charge in [0.15, 0.2) is 11.6 Å². The first-order valence-electron chi connectivity index (χ1n) is 15.2. The van der Waals surface area contributed by atoms with Gasteiger partial charge in [-0.1, -0.05) is 58.6 Å². The Hall–Kier alpha value is -4.68. The predicted molar refractivity (Wildman–Crippen MR) is 198 cm³/mol. The summed E-state index contributed by atoms with van der Waals surface area (Å²) in [5, 5.41) is 21.0. The van der Waals surface area contributed by atoms with E-state index >= 15 is 0 Å². The topological polar surface area (TPSA) is 197 Å². The number of halogens is 3. The van der Waals surface area contributed by atoms with Gasteiger partial charge in [-0.3, -0.25) is 13.8 Å². The molecule has 13 nitrogen and oxygen atoms in total. The van der Waals surface area contributed by atoms with Crippen LogP contribution >= 0.6 is 23.2 Å². The molecular formula is C34H33Cl2FN6O7S2. The highest BCUT2D eigenvalue weighted by Gasteiger charge is 2.11. The minimum atomic E-state index is -4.02. The van der Waals surface area contributed by atoms with Gasteiger partial charge in [0.1, 0.15) is 0 Å². The van der Waals surface area contributed by atoms with Crippen molar-refractivity contribution in [3.63, 3.8) is 0 Å². The van der Waals surface area contributed by atoms with Gasteiger partial charge in [0.05, 0.1) is 37.7 Å². The SMILES string of the molecule is Cc1ccc(S(=O)(=O)O)cc1.Cc1ccc(S(=O)(=O)O)cc1.OCCCn1ncc2cc(Nc3ncc(F)c(Nc4ccc(Cl)c(Cl)c4)n3)ccc21. The second-order valence-electron chi connectivity index (χ2n) is 11.1. The van der Waals surface area contributed by atoms with E-state index in [4.69, 9.17) is 37.4 Å². The molecule has 18 heteroatoms. The van der Waals surface area contributed by atoms with Gasteiger partial charge in [-0.15, -0.1) is 0 Å². The number of rotatable bonds is 9. The molecule has 0 spiro atoms. The molecule has 0 fully saturated rings. The van der Waals surface area contributed by atoms with E-state index in [1.165, 1.54) is 24.3 Å². The summed E-state index contributed by atoms with van der Waals surface area (Å²) in [6.07, 6.45) is 3.47. The van der Waals surface area contributed by atoms with Crippen LogP contribution in [0, 0.1) is 19.7 Å². The molecule has 0 radical (unpaired) electrons. The lowest BCUT2D eigenvalue weighted by atomic mass is 10.2. The molecule has 5 N–H and O–H groups in total. The number of nitrogens with zero attached hydrogens (tertiary/aromatic N) is 4. The first-order valence-corrected chi connectivity index (χ1v) is 18.8. The minimum absolute atomic E-state index is 0.00351. The van der Waals surface area contributed by atoms with Gasteiger partial charge < -0.3 is 15.7 Å². The Kier molecular flexibility index (Phi) is 13.6. The Balaban J connectivity index is 0.000000224. The summed E-state index contributed by atoms with van der Waals surface area (Å²) in [4.78, 5) is 8.07. The predicted octanol–water partition coefficient (Wildman–Crippen LogP) is 7.63. The van der Waals surface area contributed by atoms with Gasteiger partial charge in [0.2, 0.25) is 5.95 Å². The summed E-state index contributed by atoms with van der Waals surface area (Å²) in [6, 6.07) is 22.5. The molecule has 0 aliphatic heterocycles. The van der Waals surface area contributed by atoms with Gasteiger partial charge in [-0.05, 0) is 80.9 Å². The Morgan fingerprint density at radius 3 is 1.85 bits per heavy atom. The van der Waals surface area contributed by atoms with Crippen molar-refractivity contribution in [2.45, 2.75) is 36.6 Å². The number of anilines is 4. The highest BCUT2D eigenvalue weighted by molar-refractivity contribution is 7.86. The Bertz CT molecular complexity index is 2290. The lowest BCUT2D eigenvalue weighted by Gasteiger charge is -2.10. The van der Waals surface area contributed by atoms with Gasteiger partial charge >= 0.3 is 0 Å². The van der Waals surface area contributed by atoms with Crippen LogP contribution < -0.4 is 10.6 Å². The number of nitrogens with one attached hydrogen (secondary N) is 2. The van der Waals surface area contributed by atoms with E-state index in [1.54, 1.807) is 48.7 Å². The van der Waals surface area contributed by atoms with E-state index in [0.29, 0.717) is 28.7 Å². The van der Waals surface area contributed by atoms with Crippen LogP contribution in [0.4, 0.5) is 27.5 Å². The highest BCUT2D eigenvalue weighted by atomic mass is 35.5. The lowest BCUT2D eigenvalue weighted by Crippen LogP contribution is -2.03. The van der Waals surface area contributed by atoms with Crippen molar-refractivity contribution >= 4 is 77.5 Å². The fourth-order valence-corrected chi connectivity index (χ4v) is 5.60. The first kappa shape index (κ1) is 40.1. The van der Waals surface area contributed by atoms with Crippen LogP contribution in [0.15, 0.2) is 107 Å². The van der Waals surface area contributed by atoms with Crippen LogP contribution in [0.2, 0.25) is 10.0 Å². The number of benzene rings is 4. The van der Waals surface area contributed by atoms with Crippen molar-refractivity contribution < 1.29 is 35.4 Å². The van der Waals surface area contributed by atoms with E-state index < -0.39 is 26.1 Å². The molecule has 0 atom stereocenters. The smallest absolute Gasteiger partial charge is 0.294 e. The number of aryl methyl sites for hydroxylation is 3. The summed E-state index contributed by atoms with van der Waals surface area (Å²) in [6.45, 7) is 4.43. The van der Waals surface area contributed by atoms with Crippen molar-refractivity contribution in [1.82, 2.24) is 19.7 Å². The zero-order valence-corrected chi connectivity index (χ0v) is 30.7. The monoisotopic (exact) mass is 790 g/mol. The summed E-state index contributed by atoms with van der Waals surface area (Å²) in [7, 11) is -8.04. The van der Waals surface area contributed by atoms with Crippen LogP contribution in [0.5, 0.6) is 0 Å². The fraction of sp³-hybridized carbons (Fsp3) is 0.147. The lowest BCUT2D eigenvalue weighted by molar-refractivity contribution is 0.278. The fourth-order valence-electron chi connectivity index (χ4n) is 4.34. The molecule has 2 heterocycles. The summed E-state index contributed by atoms with van der Waals surface area (Å²) < 4.78 is 75.1. The second-order valence-corrected chi connectivity index (χ2v) is 14.7. The van der Waals surface area contributed by atoms with Crippen LogP contribution in [0.3, 0.4) is 0 Å². The molecule has 2 aromatic heterocycles. The van der Waals surface area contributed by atoms with E-state index in [1.807, 2.05) is 36.7 Å². The Morgan fingerprint density at radius 1 is 0.750 bits per heavy atom. The quantitative estimate of drug-likeness (QED) is 0.0900. The molecule has 4 aromatic carbocycles. The van der Waals surface area contributed by atoms with Crippen LogP contribution in [0.1, 0.15) is 17.5 Å². The number of aromatic nitrogens is 4. The first-order chi connectivity index (χ1) is 24.5. The van der Waals surface area contributed by atoms with Gasteiger partial charge in [-0.25, -0.2) is 9.37 Å². The van der Waals surface area contributed by atoms with E-state index in [9.17, 15) is 21.2 Å². The van der Waals surface area contributed by atoms with Gasteiger partial charge in [0, 0.05) is 29.9 Å². The third-order valence-electron chi connectivity index (χ3n) is 6.99. The second kappa shape index (κ2) is 17.7. The normalized spacial score (nSPS) is 11.2. The van der Waals surface area contributed by atoms with Crippen molar-refractivity contribution in [3.8, 4) is 0 Å². The molecule has 0 saturated heterocycles. The molecule has 0 saturated carbocycles. The molecule has 0 unspecified atom stereocenters. The molecular weight excluding hydrogens is 758 g/mol. The summed E-state index contributed by atoms with van der Waals surface area (Å²) in [5.41, 5.74) is 4.15. The van der Waals surface area contributed by atoms with Crippen LogP contribution in [-0.2, 0) is 26.8 Å². The average Bonchev–Trinajstić information content (AvgIpc) is 3.49. The molecule has 0 bridgehead atoms. The maximum Gasteiger partial charge on any atom is 0.294 e. The molecule has 6 rings (SSSR count). The van der Waals surface area contributed by atoms with E-state index in [2.05, 4.69) is 25.7 Å². The average molecular weight is 792 g/mol. The van der Waals surface area contributed by atoms with Crippen molar-refractivity contribution in [3.05, 3.63) is 124 Å². The van der Waals surface area contributed by atoms with Gasteiger partial charge in [-0.2, -0.15) is 26.9 Å². The highest BCUT2D eigenvalue weighted by Crippen LogP contribution is 2.28. The van der Waals surface area contributed by atoms with Crippen LogP contribution in [-0.4, -0.2) is 57.4 Å².